The second-order valence-electron chi connectivity index (χ2n) is 6.78. The van der Waals surface area contributed by atoms with E-state index in [9.17, 15) is 0 Å². The van der Waals surface area contributed by atoms with Gasteiger partial charge in [0, 0.05) is 31.5 Å². The summed E-state index contributed by atoms with van der Waals surface area (Å²) in [6.07, 6.45) is 9.38. The van der Waals surface area contributed by atoms with E-state index < -0.39 is 0 Å². The van der Waals surface area contributed by atoms with Crippen LogP contribution in [0.25, 0.3) is 0 Å². The lowest BCUT2D eigenvalue weighted by Gasteiger charge is -2.35. The summed E-state index contributed by atoms with van der Waals surface area (Å²) in [7, 11) is 0. The fraction of sp³-hybridized carbons (Fsp3) is 0.812. The van der Waals surface area contributed by atoms with Gasteiger partial charge in [-0.25, -0.2) is 4.98 Å². The summed E-state index contributed by atoms with van der Waals surface area (Å²) in [6.45, 7) is 10.6. The van der Waals surface area contributed by atoms with Gasteiger partial charge in [0.25, 0.3) is 0 Å². The lowest BCUT2D eigenvalue weighted by Crippen LogP contribution is -2.40. The number of nitrogens with zero attached hydrogens (tertiary/aromatic N) is 3. The number of rotatable bonds is 4. The number of piperidine rings is 1. The highest BCUT2D eigenvalue weighted by Gasteiger charge is 2.39. The zero-order valence-electron chi connectivity index (χ0n) is 13.8. The van der Waals surface area contributed by atoms with Gasteiger partial charge in [0.1, 0.15) is 5.82 Å². The molecule has 3 rings (SSSR count). The van der Waals surface area contributed by atoms with Crippen LogP contribution in [-0.2, 0) is 6.54 Å². The first kappa shape index (κ1) is 19.8. The van der Waals surface area contributed by atoms with E-state index in [0.717, 1.165) is 12.4 Å². The van der Waals surface area contributed by atoms with Gasteiger partial charge in [0.15, 0.2) is 0 Å². The Morgan fingerprint density at radius 3 is 2.64 bits per heavy atom. The first-order valence-electron chi connectivity index (χ1n) is 8.11. The monoisotopic (exact) mass is 348 g/mol. The first-order valence-corrected chi connectivity index (χ1v) is 8.11. The highest BCUT2D eigenvalue weighted by Crippen LogP contribution is 2.39. The van der Waals surface area contributed by atoms with Crippen molar-refractivity contribution in [3.63, 3.8) is 0 Å². The zero-order valence-corrected chi connectivity index (χ0v) is 15.4. The average Bonchev–Trinajstić information content (AvgIpc) is 3.04. The second-order valence-corrected chi connectivity index (χ2v) is 6.78. The minimum absolute atomic E-state index is 0. The minimum atomic E-state index is 0. The lowest BCUT2D eigenvalue weighted by molar-refractivity contribution is 0.168. The van der Waals surface area contributed by atoms with Gasteiger partial charge >= 0.3 is 0 Å². The highest BCUT2D eigenvalue weighted by molar-refractivity contribution is 5.85. The van der Waals surface area contributed by atoms with Crippen molar-refractivity contribution >= 4 is 24.8 Å². The van der Waals surface area contributed by atoms with Crippen molar-refractivity contribution in [2.45, 2.75) is 52.1 Å². The standard InChI is InChI=1S/C16H28N4.2ClH/c1-14(3-10-19-12-9-18-15(19)2)20-11-6-16(13-20)4-7-17-8-5-16;;/h9,12,14,17H,3-8,10-11,13H2,1-2H3;2*1H. The summed E-state index contributed by atoms with van der Waals surface area (Å²) in [5.74, 6) is 1.13. The van der Waals surface area contributed by atoms with Crippen molar-refractivity contribution in [3.05, 3.63) is 18.2 Å². The largest absolute Gasteiger partial charge is 0.335 e. The predicted molar refractivity (Wildman–Crippen MR) is 96.3 cm³/mol. The molecule has 6 heteroatoms. The van der Waals surface area contributed by atoms with Crippen LogP contribution >= 0.6 is 24.8 Å². The molecule has 3 heterocycles. The Balaban J connectivity index is 0.00000121. The number of halogens is 2. The van der Waals surface area contributed by atoms with E-state index in [2.05, 4.69) is 39.8 Å². The molecule has 0 bridgehead atoms. The van der Waals surface area contributed by atoms with Crippen molar-refractivity contribution in [1.82, 2.24) is 19.8 Å². The smallest absolute Gasteiger partial charge is 0.105 e. The summed E-state index contributed by atoms with van der Waals surface area (Å²) in [4.78, 5) is 7.02. The molecule has 1 spiro atoms. The third kappa shape index (κ3) is 4.38. The minimum Gasteiger partial charge on any atom is -0.335 e. The van der Waals surface area contributed by atoms with Crippen molar-refractivity contribution in [2.24, 2.45) is 5.41 Å². The van der Waals surface area contributed by atoms with Crippen molar-refractivity contribution in [2.75, 3.05) is 26.2 Å². The number of hydrogen-bond acceptors (Lipinski definition) is 3. The van der Waals surface area contributed by atoms with E-state index in [0.29, 0.717) is 11.5 Å². The molecule has 4 nitrogen and oxygen atoms in total. The molecule has 0 aliphatic carbocycles. The van der Waals surface area contributed by atoms with Crippen molar-refractivity contribution < 1.29 is 0 Å². The Kier molecular flexibility index (Phi) is 7.66. The molecular weight excluding hydrogens is 319 g/mol. The summed E-state index contributed by atoms with van der Waals surface area (Å²) >= 11 is 0. The summed E-state index contributed by atoms with van der Waals surface area (Å²) in [5, 5.41) is 3.50. The van der Waals surface area contributed by atoms with Crippen molar-refractivity contribution in [3.8, 4) is 0 Å². The predicted octanol–water partition coefficient (Wildman–Crippen LogP) is 2.89. The second kappa shape index (κ2) is 8.53. The third-order valence-electron chi connectivity index (χ3n) is 5.47. The Labute approximate surface area is 146 Å². The summed E-state index contributed by atoms with van der Waals surface area (Å²) < 4.78 is 2.27. The van der Waals surface area contributed by atoms with E-state index in [1.165, 1.54) is 51.9 Å². The molecule has 2 fully saturated rings. The van der Waals surface area contributed by atoms with Crippen LogP contribution in [0.15, 0.2) is 12.4 Å². The third-order valence-corrected chi connectivity index (χ3v) is 5.47. The maximum Gasteiger partial charge on any atom is 0.105 e. The molecule has 0 saturated carbocycles. The van der Waals surface area contributed by atoms with Gasteiger partial charge in [-0.15, -0.1) is 24.8 Å². The Hall–Kier alpha value is -0.290. The van der Waals surface area contributed by atoms with Crippen LogP contribution in [0.2, 0.25) is 0 Å². The van der Waals surface area contributed by atoms with E-state index in [1.54, 1.807) is 0 Å². The molecule has 2 aliphatic heterocycles. The van der Waals surface area contributed by atoms with E-state index in [1.807, 2.05) is 6.20 Å². The topological polar surface area (TPSA) is 33.1 Å². The normalized spacial score (nSPS) is 22.1. The SMILES string of the molecule is Cc1nccn1CCC(C)N1CCC2(CCNCC2)C1.Cl.Cl. The number of imidazole rings is 1. The van der Waals surface area contributed by atoms with Gasteiger partial charge < -0.3 is 14.8 Å². The molecule has 1 atom stereocenters. The molecule has 2 saturated heterocycles. The van der Waals surface area contributed by atoms with Crippen LogP contribution in [0, 0.1) is 12.3 Å². The highest BCUT2D eigenvalue weighted by atomic mass is 35.5. The number of nitrogens with one attached hydrogen (secondary N) is 1. The Morgan fingerprint density at radius 2 is 2.00 bits per heavy atom. The first-order chi connectivity index (χ1) is 9.69. The van der Waals surface area contributed by atoms with Crippen LogP contribution in [-0.4, -0.2) is 46.7 Å². The molecule has 22 heavy (non-hydrogen) atoms. The summed E-state index contributed by atoms with van der Waals surface area (Å²) in [5.41, 5.74) is 0.629. The average molecular weight is 349 g/mol. The molecule has 1 N–H and O–H groups in total. The molecule has 2 aliphatic rings. The number of aromatic nitrogens is 2. The molecule has 128 valence electrons. The fourth-order valence-electron chi connectivity index (χ4n) is 3.86. The Bertz CT molecular complexity index is 443. The lowest BCUT2D eigenvalue weighted by atomic mass is 9.78. The molecular formula is C16H30Cl2N4. The summed E-state index contributed by atoms with van der Waals surface area (Å²) in [6, 6.07) is 0.686. The van der Waals surface area contributed by atoms with Crippen LogP contribution in [0.4, 0.5) is 0 Å². The maximum atomic E-state index is 4.30. The van der Waals surface area contributed by atoms with Crippen LogP contribution in [0.3, 0.4) is 0 Å². The fourth-order valence-corrected chi connectivity index (χ4v) is 3.86. The zero-order chi connectivity index (χ0) is 14.0. The van der Waals surface area contributed by atoms with Gasteiger partial charge in [0.2, 0.25) is 0 Å². The van der Waals surface area contributed by atoms with Gasteiger partial charge in [-0.05, 0) is 64.6 Å². The van der Waals surface area contributed by atoms with Gasteiger partial charge in [-0.2, -0.15) is 0 Å². The van der Waals surface area contributed by atoms with Gasteiger partial charge in [-0.3, -0.25) is 0 Å². The van der Waals surface area contributed by atoms with Gasteiger partial charge in [-0.1, -0.05) is 0 Å². The van der Waals surface area contributed by atoms with E-state index in [-0.39, 0.29) is 24.8 Å². The molecule has 0 radical (unpaired) electrons. The molecule has 0 aromatic carbocycles. The molecule has 1 unspecified atom stereocenters. The quantitative estimate of drug-likeness (QED) is 0.907. The van der Waals surface area contributed by atoms with Crippen molar-refractivity contribution in [1.29, 1.82) is 0 Å². The number of hydrogen-bond donors (Lipinski definition) is 1. The van der Waals surface area contributed by atoms with Crippen LogP contribution in [0.5, 0.6) is 0 Å². The molecule has 0 amide bonds. The maximum absolute atomic E-state index is 4.30. The molecule has 1 aromatic rings. The number of aryl methyl sites for hydroxylation is 2. The van der Waals surface area contributed by atoms with Crippen LogP contribution < -0.4 is 5.32 Å². The molecule has 1 aromatic heterocycles. The van der Waals surface area contributed by atoms with Gasteiger partial charge in [0.05, 0.1) is 0 Å². The van der Waals surface area contributed by atoms with E-state index in [4.69, 9.17) is 0 Å². The van der Waals surface area contributed by atoms with E-state index >= 15 is 0 Å². The van der Waals surface area contributed by atoms with Crippen LogP contribution in [0.1, 0.15) is 38.4 Å². The number of likely N-dealkylation sites (tertiary alicyclic amines) is 1. The Morgan fingerprint density at radius 1 is 1.27 bits per heavy atom.